The van der Waals surface area contributed by atoms with Gasteiger partial charge in [-0.15, -0.1) is 0 Å². The van der Waals surface area contributed by atoms with E-state index in [4.69, 9.17) is 4.74 Å². The second kappa shape index (κ2) is 9.99. The summed E-state index contributed by atoms with van der Waals surface area (Å²) in [6.07, 6.45) is 0.602. The summed E-state index contributed by atoms with van der Waals surface area (Å²) in [4.78, 5) is 37.6. The quantitative estimate of drug-likeness (QED) is 0.347. The molecule has 168 valence electrons. The highest BCUT2D eigenvalue weighted by Gasteiger charge is 2.34. The molecule has 0 aliphatic carbocycles. The van der Waals surface area contributed by atoms with Crippen molar-refractivity contribution in [1.82, 2.24) is 10.2 Å². The molecule has 0 saturated heterocycles. The third-order valence-electron chi connectivity index (χ3n) is 5.54. The minimum atomic E-state index is -1.12. The van der Waals surface area contributed by atoms with Crippen LogP contribution in [-0.2, 0) is 0 Å². The maximum atomic E-state index is 12.5. The summed E-state index contributed by atoms with van der Waals surface area (Å²) in [5.41, 5.74) is 1.65. The van der Waals surface area contributed by atoms with Crippen molar-refractivity contribution in [1.29, 1.82) is 0 Å². The zero-order chi connectivity index (χ0) is 23.2. The average molecular weight is 444 g/mol. The molecule has 0 spiro atoms. The van der Waals surface area contributed by atoms with E-state index in [0.717, 1.165) is 5.56 Å². The highest BCUT2D eigenvalue weighted by atomic mass is 16.5. The molecule has 0 bridgehead atoms. The predicted octanol–water partition coefficient (Wildman–Crippen LogP) is 5.25. The monoisotopic (exact) mass is 444 g/mol. The number of ether oxygens (including phenoxy) is 1. The van der Waals surface area contributed by atoms with Gasteiger partial charge in [-0.25, -0.2) is 4.79 Å². The molecule has 33 heavy (non-hydrogen) atoms. The fraction of sp³-hybridized carbons (Fsp3) is 0.192. The molecule has 0 aromatic heterocycles. The molecule has 1 aliphatic heterocycles. The van der Waals surface area contributed by atoms with E-state index in [0.29, 0.717) is 48.4 Å². The van der Waals surface area contributed by atoms with Crippen LogP contribution in [-0.4, -0.2) is 34.5 Å². The number of nitrogens with one attached hydrogen (secondary N) is 1. The maximum Gasteiger partial charge on any atom is 0.405 e. The van der Waals surface area contributed by atoms with Crippen molar-refractivity contribution in [3.05, 3.63) is 95.6 Å². The van der Waals surface area contributed by atoms with Crippen molar-refractivity contribution in [3.63, 3.8) is 0 Å². The van der Waals surface area contributed by atoms with Gasteiger partial charge in [0.05, 0.1) is 17.2 Å². The van der Waals surface area contributed by atoms with Gasteiger partial charge in [0.2, 0.25) is 0 Å². The predicted molar refractivity (Wildman–Crippen MR) is 123 cm³/mol. The first-order chi connectivity index (χ1) is 16.0. The lowest BCUT2D eigenvalue weighted by molar-refractivity contribution is 0.0651. The number of rotatable bonds is 9. The van der Waals surface area contributed by atoms with E-state index in [2.05, 4.69) is 5.32 Å². The molecule has 7 nitrogen and oxygen atoms in total. The first kappa shape index (κ1) is 22.1. The van der Waals surface area contributed by atoms with Crippen LogP contribution >= 0.6 is 0 Å². The fourth-order valence-electron chi connectivity index (χ4n) is 3.95. The van der Waals surface area contributed by atoms with Gasteiger partial charge >= 0.3 is 6.09 Å². The minimum Gasteiger partial charge on any atom is -0.465 e. The summed E-state index contributed by atoms with van der Waals surface area (Å²) >= 11 is 0. The molecule has 1 atom stereocenters. The first-order valence-electron chi connectivity index (χ1n) is 10.8. The second-order valence-electron chi connectivity index (χ2n) is 7.79. The van der Waals surface area contributed by atoms with Crippen molar-refractivity contribution in [2.45, 2.75) is 25.3 Å². The first-order valence-corrected chi connectivity index (χ1v) is 10.8. The maximum absolute atomic E-state index is 12.5. The Hall–Kier alpha value is -4.13. The zero-order valence-electron chi connectivity index (χ0n) is 17.9. The molecular weight excluding hydrogens is 420 g/mol. The molecule has 7 heteroatoms. The smallest absolute Gasteiger partial charge is 0.405 e. The van der Waals surface area contributed by atoms with Gasteiger partial charge in [-0.2, -0.15) is 0 Å². The Morgan fingerprint density at radius 3 is 2.15 bits per heavy atom. The van der Waals surface area contributed by atoms with Crippen LogP contribution in [0, 0.1) is 0 Å². The highest BCUT2D eigenvalue weighted by Crippen LogP contribution is 2.28. The van der Waals surface area contributed by atoms with Gasteiger partial charge in [0.25, 0.3) is 11.8 Å². The van der Waals surface area contributed by atoms with Crippen LogP contribution in [0.15, 0.2) is 78.9 Å². The van der Waals surface area contributed by atoms with E-state index in [1.54, 1.807) is 24.3 Å². The Morgan fingerprint density at radius 1 is 0.848 bits per heavy atom. The average Bonchev–Trinajstić information content (AvgIpc) is 3.06. The third kappa shape index (κ3) is 5.20. The van der Waals surface area contributed by atoms with Crippen molar-refractivity contribution in [3.8, 4) is 11.5 Å². The number of hydrogen-bond acceptors (Lipinski definition) is 4. The molecule has 0 radical (unpaired) electrons. The van der Waals surface area contributed by atoms with Gasteiger partial charge in [-0.1, -0.05) is 42.5 Å². The molecule has 1 heterocycles. The molecule has 3 aromatic carbocycles. The van der Waals surface area contributed by atoms with Gasteiger partial charge < -0.3 is 15.2 Å². The van der Waals surface area contributed by atoms with Crippen molar-refractivity contribution in [2.75, 3.05) is 6.54 Å². The lowest BCUT2D eigenvalue weighted by atomic mass is 10.0. The van der Waals surface area contributed by atoms with Crippen LogP contribution in [0.5, 0.6) is 11.5 Å². The number of unbranched alkanes of at least 4 members (excludes halogenated alkanes) is 1. The van der Waals surface area contributed by atoms with Crippen LogP contribution in [0.2, 0.25) is 0 Å². The van der Waals surface area contributed by atoms with E-state index in [-0.39, 0.29) is 11.8 Å². The summed E-state index contributed by atoms with van der Waals surface area (Å²) < 4.78 is 5.86. The molecule has 0 fully saturated rings. The van der Waals surface area contributed by atoms with Crippen LogP contribution in [0.1, 0.15) is 51.6 Å². The number of carboxylic acid groups (broad SMARTS) is 1. The number of imide groups is 1. The summed E-state index contributed by atoms with van der Waals surface area (Å²) in [7, 11) is 0. The number of nitrogens with zero attached hydrogens (tertiary/aromatic N) is 1. The molecule has 4 rings (SSSR count). The Balaban J connectivity index is 1.37. The molecular formula is C26H24N2O5. The van der Waals surface area contributed by atoms with Crippen molar-refractivity contribution >= 4 is 17.9 Å². The van der Waals surface area contributed by atoms with Crippen LogP contribution in [0.4, 0.5) is 4.79 Å². The molecule has 0 saturated carbocycles. The topological polar surface area (TPSA) is 95.9 Å². The zero-order valence-corrected chi connectivity index (χ0v) is 17.9. The number of carbonyl (C=O) groups excluding carboxylic acids is 2. The van der Waals surface area contributed by atoms with Gasteiger partial charge in [-0.3, -0.25) is 14.5 Å². The highest BCUT2D eigenvalue weighted by molar-refractivity contribution is 6.21. The summed E-state index contributed by atoms with van der Waals surface area (Å²) in [6, 6.07) is 23.0. The third-order valence-corrected chi connectivity index (χ3v) is 5.54. The Kier molecular flexibility index (Phi) is 6.69. The lowest BCUT2D eigenvalue weighted by Gasteiger charge is -2.19. The van der Waals surface area contributed by atoms with Crippen LogP contribution in [0.25, 0.3) is 0 Å². The normalized spacial score (nSPS) is 13.5. The van der Waals surface area contributed by atoms with E-state index >= 15 is 0 Å². The number of benzene rings is 3. The summed E-state index contributed by atoms with van der Waals surface area (Å²) in [5.74, 6) is 0.753. The van der Waals surface area contributed by atoms with Gasteiger partial charge in [0.1, 0.15) is 11.5 Å². The Bertz CT molecular complexity index is 1130. The number of carbonyl (C=O) groups is 3. The van der Waals surface area contributed by atoms with Gasteiger partial charge in [0.15, 0.2) is 0 Å². The molecule has 3 aromatic rings. The second-order valence-corrected chi connectivity index (χ2v) is 7.79. The minimum absolute atomic E-state index is 0.276. The van der Waals surface area contributed by atoms with Crippen molar-refractivity contribution in [2.24, 2.45) is 0 Å². The van der Waals surface area contributed by atoms with E-state index in [9.17, 15) is 19.5 Å². The molecule has 3 amide bonds. The lowest BCUT2D eigenvalue weighted by Crippen LogP contribution is -2.31. The number of para-hydroxylation sites is 1. The molecule has 0 unspecified atom stereocenters. The number of amides is 3. The largest absolute Gasteiger partial charge is 0.465 e. The molecule has 2 N–H and O–H groups in total. The number of hydrogen-bond donors (Lipinski definition) is 2. The summed E-state index contributed by atoms with van der Waals surface area (Å²) in [5, 5.41) is 11.9. The Labute approximate surface area is 191 Å². The summed E-state index contributed by atoms with van der Waals surface area (Å²) in [6.45, 7) is 0.295. The Morgan fingerprint density at radius 2 is 1.48 bits per heavy atom. The van der Waals surface area contributed by atoms with Gasteiger partial charge in [-0.05, 0) is 61.2 Å². The van der Waals surface area contributed by atoms with Crippen LogP contribution < -0.4 is 10.1 Å². The fourth-order valence-corrected chi connectivity index (χ4v) is 3.95. The molecule has 1 aliphatic rings. The van der Waals surface area contributed by atoms with Crippen LogP contribution in [0.3, 0.4) is 0 Å². The van der Waals surface area contributed by atoms with Gasteiger partial charge in [0, 0.05) is 6.54 Å². The van der Waals surface area contributed by atoms with E-state index < -0.39 is 12.1 Å². The number of fused-ring (bicyclic) bond motifs is 1. The van der Waals surface area contributed by atoms with E-state index in [1.165, 1.54) is 4.90 Å². The van der Waals surface area contributed by atoms with Crippen molar-refractivity contribution < 1.29 is 24.2 Å². The standard InChI is InChI=1S/C26H24N2O5/c29-24-21-13-4-5-14-22(21)25(30)28(24)16-7-6-15-23(27-26(31)32)18-9-8-12-20(17-18)33-19-10-2-1-3-11-19/h1-5,8-14,17,23,27H,6-7,15-16H2,(H,31,32)/t23-/m0/s1. The SMILES string of the molecule is O=C(O)N[C@@H](CCCCN1C(=O)c2ccccc2C1=O)c1cccc(Oc2ccccc2)c1. The van der Waals surface area contributed by atoms with E-state index in [1.807, 2.05) is 54.6 Å².